The maximum atomic E-state index is 11.6. The number of pyridine rings is 1. The van der Waals surface area contributed by atoms with Gasteiger partial charge in [-0.1, -0.05) is 78.3 Å². The van der Waals surface area contributed by atoms with Gasteiger partial charge in [0.15, 0.2) is 0 Å². The minimum absolute atomic E-state index is 0.196. The van der Waals surface area contributed by atoms with Crippen LogP contribution in [-0.4, -0.2) is 16.1 Å². The van der Waals surface area contributed by atoms with Crippen molar-refractivity contribution in [3.05, 3.63) is 102 Å². The summed E-state index contributed by atoms with van der Waals surface area (Å²) in [6.45, 7) is 0. The normalized spacial score (nSPS) is 10.6. The Balaban J connectivity index is 1.76. The van der Waals surface area contributed by atoms with Crippen molar-refractivity contribution in [2.75, 3.05) is 0 Å². The van der Waals surface area contributed by atoms with Crippen LogP contribution in [0, 0.1) is 0 Å². The van der Waals surface area contributed by atoms with Crippen molar-refractivity contribution in [1.29, 1.82) is 0 Å². The Morgan fingerprint density at radius 1 is 0.679 bits per heavy atom. The first-order valence-corrected chi connectivity index (χ1v) is 9.15. The molecule has 0 aliphatic rings. The summed E-state index contributed by atoms with van der Waals surface area (Å²) in [5.41, 5.74) is 5.30. The van der Waals surface area contributed by atoms with Gasteiger partial charge in [-0.2, -0.15) is 0 Å². The number of carbonyl (C=O) groups is 1. The number of rotatable bonds is 4. The van der Waals surface area contributed by atoms with Gasteiger partial charge in [-0.3, -0.25) is 0 Å². The minimum Gasteiger partial charge on any atom is -0.478 e. The van der Waals surface area contributed by atoms with Gasteiger partial charge in [-0.15, -0.1) is 0 Å². The molecule has 0 radical (unpaired) electrons. The molecule has 0 unspecified atom stereocenters. The second-order valence-corrected chi connectivity index (χ2v) is 6.82. The van der Waals surface area contributed by atoms with Gasteiger partial charge in [0.1, 0.15) is 0 Å². The van der Waals surface area contributed by atoms with Crippen LogP contribution >= 0.6 is 11.6 Å². The zero-order chi connectivity index (χ0) is 19.5. The zero-order valence-corrected chi connectivity index (χ0v) is 15.6. The predicted molar refractivity (Wildman–Crippen MR) is 113 cm³/mol. The van der Waals surface area contributed by atoms with Gasteiger partial charge in [0.2, 0.25) is 0 Å². The molecule has 4 aromatic rings. The predicted octanol–water partition coefficient (Wildman–Crippen LogP) is 6.43. The monoisotopic (exact) mass is 385 g/mol. The molecule has 3 nitrogen and oxygen atoms in total. The third kappa shape index (κ3) is 3.80. The van der Waals surface area contributed by atoms with E-state index in [9.17, 15) is 9.90 Å². The molecule has 0 saturated carbocycles. The van der Waals surface area contributed by atoms with Crippen LogP contribution in [0.3, 0.4) is 0 Å². The summed E-state index contributed by atoms with van der Waals surface area (Å²) in [6.07, 6.45) is 0. The number of carboxylic acids is 1. The number of halogens is 1. The van der Waals surface area contributed by atoms with Crippen molar-refractivity contribution in [2.45, 2.75) is 0 Å². The van der Waals surface area contributed by atoms with Crippen LogP contribution in [0.25, 0.3) is 33.6 Å². The molecule has 136 valence electrons. The number of hydrogen-bond donors (Lipinski definition) is 1. The third-order valence-electron chi connectivity index (χ3n) is 4.50. The number of nitrogens with zero attached hydrogens (tertiary/aromatic N) is 1. The lowest BCUT2D eigenvalue weighted by atomic mass is 10.0. The smallest absolute Gasteiger partial charge is 0.335 e. The Hall–Kier alpha value is -3.43. The summed E-state index contributed by atoms with van der Waals surface area (Å²) in [7, 11) is 0. The Labute approximate surface area is 167 Å². The highest BCUT2D eigenvalue weighted by Crippen LogP contribution is 2.28. The van der Waals surface area contributed by atoms with E-state index in [1.807, 2.05) is 54.6 Å². The van der Waals surface area contributed by atoms with Gasteiger partial charge in [0.25, 0.3) is 0 Å². The third-order valence-corrected chi connectivity index (χ3v) is 4.75. The van der Waals surface area contributed by atoms with Crippen molar-refractivity contribution in [3.63, 3.8) is 0 Å². The van der Waals surface area contributed by atoms with Gasteiger partial charge in [-0.05, 0) is 35.4 Å². The first-order valence-electron chi connectivity index (χ1n) is 8.77. The lowest BCUT2D eigenvalue weighted by Gasteiger charge is -2.09. The number of carboxylic acid groups (broad SMARTS) is 1. The van der Waals surface area contributed by atoms with Gasteiger partial charge in [-0.25, -0.2) is 9.78 Å². The Kier molecular flexibility index (Phi) is 4.92. The summed E-state index contributed by atoms with van der Waals surface area (Å²) in [5.74, 6) is -0.986. The van der Waals surface area contributed by atoms with Crippen molar-refractivity contribution in [2.24, 2.45) is 0 Å². The molecule has 1 N–H and O–H groups in total. The zero-order valence-electron chi connectivity index (χ0n) is 14.8. The van der Waals surface area contributed by atoms with Crippen molar-refractivity contribution in [3.8, 4) is 33.6 Å². The fraction of sp³-hybridized carbons (Fsp3) is 0. The molecule has 4 rings (SSSR count). The van der Waals surface area contributed by atoms with Crippen LogP contribution in [0.1, 0.15) is 10.4 Å². The molecule has 4 heteroatoms. The van der Waals surface area contributed by atoms with E-state index in [4.69, 9.17) is 11.6 Å². The minimum atomic E-state index is -0.986. The van der Waals surface area contributed by atoms with Gasteiger partial charge < -0.3 is 5.11 Å². The fourth-order valence-electron chi connectivity index (χ4n) is 3.03. The second kappa shape index (κ2) is 7.67. The number of hydrogen-bond acceptors (Lipinski definition) is 2. The lowest BCUT2D eigenvalue weighted by Crippen LogP contribution is -2.00. The highest BCUT2D eigenvalue weighted by Gasteiger charge is 2.12. The fourth-order valence-corrected chi connectivity index (χ4v) is 3.16. The summed E-state index contributed by atoms with van der Waals surface area (Å²) in [5, 5.41) is 10.1. The molecule has 0 aliphatic heterocycles. The van der Waals surface area contributed by atoms with Crippen LogP contribution in [0.2, 0.25) is 5.02 Å². The molecule has 0 bridgehead atoms. The average molecular weight is 386 g/mol. The van der Waals surface area contributed by atoms with E-state index in [1.54, 1.807) is 24.3 Å². The topological polar surface area (TPSA) is 50.2 Å². The summed E-state index contributed by atoms with van der Waals surface area (Å²) in [6, 6.07) is 28.4. The van der Waals surface area contributed by atoms with E-state index in [2.05, 4.69) is 17.1 Å². The van der Waals surface area contributed by atoms with Crippen LogP contribution in [0.4, 0.5) is 0 Å². The molecular formula is C24H16ClNO2. The van der Waals surface area contributed by atoms with Crippen LogP contribution < -0.4 is 0 Å². The molecule has 0 aliphatic carbocycles. The molecule has 0 fully saturated rings. The maximum Gasteiger partial charge on any atom is 0.335 e. The Bertz CT molecular complexity index is 1120. The first-order chi connectivity index (χ1) is 13.6. The van der Waals surface area contributed by atoms with Crippen LogP contribution in [-0.2, 0) is 0 Å². The van der Waals surface area contributed by atoms with Crippen molar-refractivity contribution in [1.82, 2.24) is 4.98 Å². The van der Waals surface area contributed by atoms with Crippen LogP contribution in [0.15, 0.2) is 91.0 Å². The average Bonchev–Trinajstić information content (AvgIpc) is 2.74. The molecule has 28 heavy (non-hydrogen) atoms. The molecule has 0 atom stereocenters. The Morgan fingerprint density at radius 2 is 1.14 bits per heavy atom. The van der Waals surface area contributed by atoms with Crippen LogP contribution in [0.5, 0.6) is 0 Å². The molecule has 0 amide bonds. The van der Waals surface area contributed by atoms with Gasteiger partial charge >= 0.3 is 5.97 Å². The van der Waals surface area contributed by atoms with E-state index in [1.165, 1.54) is 0 Å². The van der Waals surface area contributed by atoms with E-state index in [0.29, 0.717) is 16.4 Å². The highest BCUT2D eigenvalue weighted by molar-refractivity contribution is 6.30. The number of aromatic nitrogens is 1. The maximum absolute atomic E-state index is 11.6. The first kappa shape index (κ1) is 18.0. The number of benzene rings is 3. The molecule has 1 aromatic heterocycles. The quantitative estimate of drug-likeness (QED) is 0.440. The van der Waals surface area contributed by atoms with Crippen molar-refractivity contribution < 1.29 is 9.90 Å². The Morgan fingerprint density at radius 3 is 1.68 bits per heavy atom. The van der Waals surface area contributed by atoms with E-state index in [-0.39, 0.29) is 5.56 Å². The molecule has 0 spiro atoms. The van der Waals surface area contributed by atoms with Gasteiger partial charge in [0.05, 0.1) is 17.0 Å². The molecule has 1 heterocycles. The molecular weight excluding hydrogens is 370 g/mol. The standard InChI is InChI=1S/C24H16ClNO2/c25-21-12-10-19(11-13-21)23-15-20(24(27)28)14-22(26-23)18-8-6-17(7-9-18)16-4-2-1-3-5-16/h1-15H,(H,27,28). The van der Waals surface area contributed by atoms with E-state index >= 15 is 0 Å². The SMILES string of the molecule is O=C(O)c1cc(-c2ccc(Cl)cc2)nc(-c2ccc(-c3ccccc3)cc2)c1. The lowest BCUT2D eigenvalue weighted by molar-refractivity contribution is 0.0697. The molecule has 3 aromatic carbocycles. The van der Waals surface area contributed by atoms with Crippen molar-refractivity contribution >= 4 is 17.6 Å². The summed E-state index contributed by atoms with van der Waals surface area (Å²) < 4.78 is 0. The van der Waals surface area contributed by atoms with Gasteiger partial charge in [0, 0.05) is 16.1 Å². The largest absolute Gasteiger partial charge is 0.478 e. The van der Waals surface area contributed by atoms with E-state index in [0.717, 1.165) is 22.3 Å². The molecule has 0 saturated heterocycles. The summed E-state index contributed by atoms with van der Waals surface area (Å²) >= 11 is 5.96. The van der Waals surface area contributed by atoms with E-state index < -0.39 is 5.97 Å². The second-order valence-electron chi connectivity index (χ2n) is 6.38. The highest BCUT2D eigenvalue weighted by atomic mass is 35.5. The summed E-state index contributed by atoms with van der Waals surface area (Å²) in [4.78, 5) is 16.3. The number of aromatic carboxylic acids is 1.